The minimum Gasteiger partial charge on any atom is -0.454 e. The Morgan fingerprint density at radius 1 is 1.06 bits per heavy atom. The molecule has 31 heavy (non-hydrogen) atoms. The van der Waals surface area contributed by atoms with Gasteiger partial charge in [0.15, 0.2) is 11.5 Å². The molecule has 0 saturated heterocycles. The summed E-state index contributed by atoms with van der Waals surface area (Å²) in [6.07, 6.45) is 2.29. The number of hydrogen-bond donors (Lipinski definition) is 0. The van der Waals surface area contributed by atoms with Crippen LogP contribution in [0.25, 0.3) is 11.1 Å². The van der Waals surface area contributed by atoms with E-state index >= 15 is 0 Å². The molecular weight excluding hydrogens is 395 g/mol. The van der Waals surface area contributed by atoms with E-state index in [9.17, 15) is 14.0 Å². The number of hydrogen-bond acceptors (Lipinski definition) is 4. The number of ether oxygens (including phenoxy) is 2. The van der Waals surface area contributed by atoms with E-state index in [1.165, 1.54) is 6.07 Å². The molecular formula is C26H21FO4. The fourth-order valence-electron chi connectivity index (χ4n) is 4.33. The van der Waals surface area contributed by atoms with Gasteiger partial charge in [0.25, 0.3) is 0 Å². The Bertz CT molecular complexity index is 1210. The molecule has 0 spiro atoms. The average Bonchev–Trinajstić information content (AvgIpc) is 3.46. The topological polar surface area (TPSA) is 52.6 Å². The van der Waals surface area contributed by atoms with Gasteiger partial charge in [0.2, 0.25) is 6.79 Å². The Balaban J connectivity index is 1.46. The molecule has 1 heterocycles. The van der Waals surface area contributed by atoms with Crippen LogP contribution in [0.1, 0.15) is 39.9 Å². The van der Waals surface area contributed by atoms with E-state index in [-0.39, 0.29) is 24.8 Å². The van der Waals surface area contributed by atoms with E-state index < -0.39 is 5.41 Å². The molecule has 1 saturated carbocycles. The zero-order valence-corrected chi connectivity index (χ0v) is 17.1. The smallest absolute Gasteiger partial charge is 0.231 e. The molecule has 5 rings (SSSR count). The van der Waals surface area contributed by atoms with Gasteiger partial charge >= 0.3 is 0 Å². The summed E-state index contributed by atoms with van der Waals surface area (Å²) in [4.78, 5) is 24.4. The minimum absolute atomic E-state index is 0.00158. The maximum absolute atomic E-state index is 14.8. The van der Waals surface area contributed by atoms with E-state index in [0.717, 1.165) is 41.4 Å². The molecule has 1 fully saturated rings. The van der Waals surface area contributed by atoms with E-state index in [4.69, 9.17) is 9.47 Å². The monoisotopic (exact) mass is 416 g/mol. The molecule has 0 atom stereocenters. The van der Waals surface area contributed by atoms with Crippen LogP contribution in [-0.2, 0) is 16.6 Å². The standard InChI is InChI=1S/C26H21FO4/c1-16-9-22(27)19(11-21(16)18-4-2-3-17(10-18)14-28)12-25(29)26(7-8-26)20-5-6-23-24(13-20)31-15-30-23/h2-6,9-11,13-14H,7-8,12,15H2,1H3. The van der Waals surface area contributed by atoms with Gasteiger partial charge in [-0.05, 0) is 77.9 Å². The zero-order valence-electron chi connectivity index (χ0n) is 17.1. The first-order valence-electron chi connectivity index (χ1n) is 10.3. The first-order chi connectivity index (χ1) is 15.0. The van der Waals surface area contributed by atoms with Gasteiger partial charge in [0.05, 0.1) is 5.41 Å². The maximum Gasteiger partial charge on any atom is 0.231 e. The van der Waals surface area contributed by atoms with Crippen LogP contribution in [0, 0.1) is 12.7 Å². The minimum atomic E-state index is -0.587. The van der Waals surface area contributed by atoms with Gasteiger partial charge in [0, 0.05) is 12.0 Å². The fraction of sp³-hybridized carbons (Fsp3) is 0.231. The Morgan fingerprint density at radius 2 is 1.87 bits per heavy atom. The molecule has 5 heteroatoms. The summed E-state index contributed by atoms with van der Waals surface area (Å²) in [5.74, 6) is 0.943. The van der Waals surface area contributed by atoms with Crippen LogP contribution in [0.2, 0.25) is 0 Å². The predicted molar refractivity (Wildman–Crippen MR) is 114 cm³/mol. The van der Waals surface area contributed by atoms with Gasteiger partial charge < -0.3 is 9.47 Å². The van der Waals surface area contributed by atoms with Crippen molar-refractivity contribution in [2.45, 2.75) is 31.6 Å². The third kappa shape index (κ3) is 3.40. The summed E-state index contributed by atoms with van der Waals surface area (Å²) >= 11 is 0. The number of halogens is 1. The lowest BCUT2D eigenvalue weighted by atomic mass is 9.86. The molecule has 0 aromatic heterocycles. The number of benzene rings is 3. The highest BCUT2D eigenvalue weighted by Crippen LogP contribution is 2.51. The lowest BCUT2D eigenvalue weighted by Crippen LogP contribution is -2.23. The Labute approximate surface area is 179 Å². The van der Waals surface area contributed by atoms with Crippen LogP contribution in [0.3, 0.4) is 0 Å². The average molecular weight is 416 g/mol. The van der Waals surface area contributed by atoms with Crippen molar-refractivity contribution < 1.29 is 23.5 Å². The maximum atomic E-state index is 14.8. The number of carbonyl (C=O) groups excluding carboxylic acids is 2. The third-order valence-corrected chi connectivity index (χ3v) is 6.29. The molecule has 156 valence electrons. The number of aryl methyl sites for hydroxylation is 1. The molecule has 1 aliphatic carbocycles. The van der Waals surface area contributed by atoms with E-state index in [1.54, 1.807) is 24.3 Å². The number of ketones is 1. The SMILES string of the molecule is Cc1cc(F)c(CC(=O)C2(c3ccc4c(c3)OCO4)CC2)cc1-c1cccc(C=O)c1. The third-order valence-electron chi connectivity index (χ3n) is 6.29. The first kappa shape index (κ1) is 19.5. The van der Waals surface area contributed by atoms with Crippen molar-refractivity contribution in [3.63, 3.8) is 0 Å². The quantitative estimate of drug-likeness (QED) is 0.519. The summed E-state index contributed by atoms with van der Waals surface area (Å²) in [6.45, 7) is 2.01. The Kier molecular flexibility index (Phi) is 4.62. The number of aldehydes is 1. The second-order valence-electron chi connectivity index (χ2n) is 8.25. The van der Waals surface area contributed by atoms with Crippen LogP contribution in [0.4, 0.5) is 4.39 Å². The van der Waals surface area contributed by atoms with Gasteiger partial charge in [0.1, 0.15) is 17.9 Å². The van der Waals surface area contributed by atoms with Crippen LogP contribution in [-0.4, -0.2) is 18.9 Å². The fourth-order valence-corrected chi connectivity index (χ4v) is 4.33. The number of rotatable bonds is 6. The van der Waals surface area contributed by atoms with Crippen LogP contribution in [0.15, 0.2) is 54.6 Å². The molecule has 2 aliphatic rings. The highest BCUT2D eigenvalue weighted by molar-refractivity contribution is 5.95. The molecule has 0 N–H and O–H groups in total. The van der Waals surface area contributed by atoms with E-state index in [1.807, 2.05) is 31.2 Å². The molecule has 1 aliphatic heterocycles. The van der Waals surface area contributed by atoms with Crippen molar-refractivity contribution in [1.82, 2.24) is 0 Å². The van der Waals surface area contributed by atoms with Gasteiger partial charge in [-0.3, -0.25) is 9.59 Å². The van der Waals surface area contributed by atoms with Gasteiger partial charge in [-0.1, -0.05) is 24.3 Å². The summed E-state index contributed by atoms with van der Waals surface area (Å²) in [6, 6.07) is 16.0. The summed E-state index contributed by atoms with van der Waals surface area (Å²) in [7, 11) is 0. The molecule has 0 bridgehead atoms. The highest BCUT2D eigenvalue weighted by Gasteiger charge is 2.51. The zero-order chi connectivity index (χ0) is 21.6. The summed E-state index contributed by atoms with van der Waals surface area (Å²) < 4.78 is 25.6. The molecule has 0 amide bonds. The van der Waals surface area contributed by atoms with Crippen molar-refractivity contribution in [1.29, 1.82) is 0 Å². The predicted octanol–water partition coefficient (Wildman–Crippen LogP) is 5.19. The number of carbonyl (C=O) groups is 2. The van der Waals surface area contributed by atoms with Gasteiger partial charge in [-0.25, -0.2) is 4.39 Å². The van der Waals surface area contributed by atoms with Crippen molar-refractivity contribution in [3.05, 3.63) is 82.7 Å². The molecule has 3 aromatic carbocycles. The lowest BCUT2D eigenvalue weighted by molar-refractivity contribution is -0.120. The van der Waals surface area contributed by atoms with Crippen molar-refractivity contribution in [2.75, 3.05) is 6.79 Å². The first-order valence-corrected chi connectivity index (χ1v) is 10.3. The van der Waals surface area contributed by atoms with Crippen LogP contribution in [0.5, 0.6) is 11.5 Å². The van der Waals surface area contributed by atoms with Crippen molar-refractivity contribution >= 4 is 12.1 Å². The molecule has 0 unspecified atom stereocenters. The number of fused-ring (bicyclic) bond motifs is 1. The van der Waals surface area contributed by atoms with Crippen LogP contribution < -0.4 is 9.47 Å². The van der Waals surface area contributed by atoms with Crippen molar-refractivity contribution in [3.8, 4) is 22.6 Å². The summed E-state index contributed by atoms with van der Waals surface area (Å²) in [5, 5.41) is 0. The second-order valence-corrected chi connectivity index (χ2v) is 8.25. The Hall–Kier alpha value is -3.47. The second kappa shape index (κ2) is 7.34. The van der Waals surface area contributed by atoms with Crippen LogP contribution >= 0.6 is 0 Å². The highest BCUT2D eigenvalue weighted by atomic mass is 19.1. The Morgan fingerprint density at radius 3 is 2.65 bits per heavy atom. The van der Waals surface area contributed by atoms with E-state index in [2.05, 4.69) is 0 Å². The molecule has 4 nitrogen and oxygen atoms in total. The van der Waals surface area contributed by atoms with Crippen molar-refractivity contribution in [2.24, 2.45) is 0 Å². The normalized spacial score (nSPS) is 15.5. The lowest BCUT2D eigenvalue weighted by Gasteiger charge is -2.17. The molecule has 3 aromatic rings. The van der Waals surface area contributed by atoms with Gasteiger partial charge in [-0.15, -0.1) is 0 Å². The van der Waals surface area contributed by atoms with E-state index in [0.29, 0.717) is 22.6 Å². The molecule has 0 radical (unpaired) electrons. The summed E-state index contributed by atoms with van der Waals surface area (Å²) in [5.41, 5.74) is 3.64. The number of Topliss-reactive ketones (excluding diaryl/α,β-unsaturated/α-hetero) is 1. The van der Waals surface area contributed by atoms with Gasteiger partial charge in [-0.2, -0.15) is 0 Å². The largest absolute Gasteiger partial charge is 0.454 e.